The lowest BCUT2D eigenvalue weighted by atomic mass is 10.1. The van der Waals surface area contributed by atoms with Crippen molar-refractivity contribution in [2.24, 2.45) is 0 Å². The molecule has 4 heterocycles. The van der Waals surface area contributed by atoms with E-state index in [1.807, 2.05) is 0 Å². The monoisotopic (exact) mass is 652 g/mol. The smallest absolute Gasteiger partial charge is 0.0874 e. The highest BCUT2D eigenvalue weighted by atomic mass is 79.9. The van der Waals surface area contributed by atoms with E-state index in [4.69, 9.17) is 0 Å². The van der Waals surface area contributed by atoms with Crippen LogP contribution >= 0.6 is 31.9 Å². The Morgan fingerprint density at radius 1 is 0.513 bits per heavy atom. The van der Waals surface area contributed by atoms with Crippen LogP contribution in [0.25, 0.3) is 17.9 Å². The summed E-state index contributed by atoms with van der Waals surface area (Å²) < 4.78 is 2.19. The first kappa shape index (κ1) is 29.6. The first-order chi connectivity index (χ1) is 18.7. The molecule has 4 nitrogen and oxygen atoms in total. The first-order valence-electron chi connectivity index (χ1n) is 14.4. The van der Waals surface area contributed by atoms with Gasteiger partial charge in [-0.1, -0.05) is 47.3 Å². The molecule has 4 N–H and O–H groups in total. The van der Waals surface area contributed by atoms with Crippen LogP contribution in [0.4, 0.5) is 0 Å². The molecular formula is C33H42Br2N4. The topological polar surface area (TPSA) is 63.2 Å². The Bertz CT molecular complexity index is 1620. The van der Waals surface area contributed by atoms with Crippen molar-refractivity contribution in [1.29, 1.82) is 0 Å². The highest BCUT2D eigenvalue weighted by molar-refractivity contribution is 9.10. The average Bonchev–Trinajstić information content (AvgIpc) is 3.59. The molecule has 0 saturated heterocycles. The van der Waals surface area contributed by atoms with Crippen LogP contribution in [-0.4, -0.2) is 19.9 Å². The van der Waals surface area contributed by atoms with Gasteiger partial charge in [0.2, 0.25) is 0 Å². The van der Waals surface area contributed by atoms with Crippen LogP contribution in [0.15, 0.2) is 9.21 Å². The van der Waals surface area contributed by atoms with E-state index in [-0.39, 0.29) is 0 Å². The fraction of sp³-hybridized carbons (Fsp3) is 0.424. The van der Waals surface area contributed by atoms with E-state index in [1.165, 1.54) is 55.9 Å². The molecule has 0 aliphatic carbocycles. The van der Waals surface area contributed by atoms with E-state index in [9.17, 15) is 0 Å². The second kappa shape index (κ2) is 12.4. The molecule has 0 amide bonds. The van der Waals surface area contributed by atoms with E-state index in [0.717, 1.165) is 69.1 Å². The van der Waals surface area contributed by atoms with Crippen LogP contribution < -0.4 is 21.4 Å². The van der Waals surface area contributed by atoms with Crippen LogP contribution in [0, 0.1) is 13.8 Å². The van der Waals surface area contributed by atoms with E-state index in [1.54, 1.807) is 0 Å². The summed E-state index contributed by atoms with van der Waals surface area (Å²) >= 11 is 7.47. The van der Waals surface area contributed by atoms with E-state index in [0.29, 0.717) is 0 Å². The van der Waals surface area contributed by atoms with Gasteiger partial charge in [-0.25, -0.2) is 0 Å². The molecule has 0 saturated carbocycles. The van der Waals surface area contributed by atoms with Gasteiger partial charge in [0.25, 0.3) is 0 Å². The molecule has 39 heavy (non-hydrogen) atoms. The zero-order chi connectivity index (χ0) is 28.4. The number of aromatic amines is 4. The van der Waals surface area contributed by atoms with Crippen molar-refractivity contribution < 1.29 is 0 Å². The number of halogens is 2. The highest BCUT2D eigenvalue weighted by Crippen LogP contribution is 2.26. The normalized spacial score (nSPS) is 12.7. The van der Waals surface area contributed by atoms with Gasteiger partial charge in [-0.15, -0.1) is 0 Å². The molecule has 0 aromatic carbocycles. The lowest BCUT2D eigenvalue weighted by Gasteiger charge is -1.99. The van der Waals surface area contributed by atoms with Gasteiger partial charge < -0.3 is 19.9 Å². The molecule has 0 unspecified atom stereocenters. The third-order valence-electron chi connectivity index (χ3n) is 8.18. The van der Waals surface area contributed by atoms with Crippen molar-refractivity contribution >= 4 is 49.7 Å². The zero-order valence-electron chi connectivity index (χ0n) is 24.7. The number of H-pyrrole nitrogens is 4. The second-order valence-electron chi connectivity index (χ2n) is 10.2. The second-order valence-corrected chi connectivity index (χ2v) is 11.8. The minimum Gasteiger partial charge on any atom is -0.349 e. The summed E-state index contributed by atoms with van der Waals surface area (Å²) in [6.45, 7) is 17.8. The van der Waals surface area contributed by atoms with Crippen molar-refractivity contribution in [1.82, 2.24) is 19.9 Å². The van der Waals surface area contributed by atoms with E-state index < -0.39 is 0 Å². The molecule has 0 fully saturated rings. The summed E-state index contributed by atoms with van der Waals surface area (Å²) in [6, 6.07) is 0. The van der Waals surface area contributed by atoms with Gasteiger partial charge in [0, 0.05) is 22.1 Å². The van der Waals surface area contributed by atoms with Crippen LogP contribution in [0.3, 0.4) is 0 Å². The molecule has 0 spiro atoms. The molecule has 0 aliphatic rings. The molecule has 4 aromatic heterocycles. The summed E-state index contributed by atoms with van der Waals surface area (Å²) in [5.41, 5.74) is 16.8. The Labute approximate surface area is 249 Å². The van der Waals surface area contributed by atoms with Crippen LogP contribution in [-0.2, 0) is 38.5 Å². The third-order valence-corrected chi connectivity index (χ3v) is 9.54. The summed E-state index contributed by atoms with van der Waals surface area (Å²) in [7, 11) is 0. The Hall–Kier alpha value is -2.40. The predicted octanol–water partition coefficient (Wildman–Crippen LogP) is 5.92. The largest absolute Gasteiger partial charge is 0.349 e. The van der Waals surface area contributed by atoms with E-state index >= 15 is 0 Å². The number of nitrogens with one attached hydrogen (secondary N) is 4. The van der Waals surface area contributed by atoms with E-state index in [2.05, 4.69) is 125 Å². The van der Waals surface area contributed by atoms with Gasteiger partial charge in [0.05, 0.1) is 19.9 Å². The lowest BCUT2D eigenvalue weighted by molar-refractivity contribution is 1.05. The summed E-state index contributed by atoms with van der Waals surface area (Å²) in [5, 5.41) is 4.41. The molecule has 4 aromatic rings. The van der Waals surface area contributed by atoms with Crippen molar-refractivity contribution in [3.05, 3.63) is 86.5 Å². The first-order valence-corrected chi connectivity index (χ1v) is 16.0. The molecule has 0 bridgehead atoms. The van der Waals surface area contributed by atoms with Crippen molar-refractivity contribution in [2.45, 2.75) is 93.9 Å². The molecule has 0 atom stereocenters. The van der Waals surface area contributed by atoms with Crippen LogP contribution in [0.1, 0.15) is 97.4 Å². The molecule has 6 heteroatoms. The fourth-order valence-electron chi connectivity index (χ4n) is 6.03. The fourth-order valence-corrected chi connectivity index (χ4v) is 7.49. The van der Waals surface area contributed by atoms with Gasteiger partial charge in [-0.05, 0) is 141 Å². The summed E-state index contributed by atoms with van der Waals surface area (Å²) in [4.78, 5) is 14.6. The quantitative estimate of drug-likeness (QED) is 0.182. The Morgan fingerprint density at radius 2 is 0.846 bits per heavy atom. The van der Waals surface area contributed by atoms with Crippen LogP contribution in [0.2, 0.25) is 0 Å². The lowest BCUT2D eigenvalue weighted by Crippen LogP contribution is -2.17. The van der Waals surface area contributed by atoms with Crippen molar-refractivity contribution in [2.75, 3.05) is 0 Å². The number of aromatic nitrogens is 4. The Balaban J connectivity index is 2.01. The van der Waals surface area contributed by atoms with Gasteiger partial charge in [-0.2, -0.15) is 0 Å². The SMILES string of the molecule is CCc1c(Br)[nH]c(C=c2[nH]c(=C=c3[nH]c(=Cc4[nH]c(Br)c(CC)c4CC)c(C)c3CC)c(CC)c2C)c1CC. The maximum atomic E-state index is 3.76. The maximum Gasteiger partial charge on any atom is 0.0874 e. The Morgan fingerprint density at radius 3 is 1.15 bits per heavy atom. The van der Waals surface area contributed by atoms with Gasteiger partial charge in [0.1, 0.15) is 0 Å². The van der Waals surface area contributed by atoms with Gasteiger partial charge in [-0.3, -0.25) is 0 Å². The van der Waals surface area contributed by atoms with Crippen molar-refractivity contribution in [3.8, 4) is 0 Å². The predicted molar refractivity (Wildman–Crippen MR) is 172 cm³/mol. The third kappa shape index (κ3) is 5.49. The number of hydrogen-bond acceptors (Lipinski definition) is 0. The molecule has 0 aliphatic heterocycles. The number of rotatable bonds is 8. The molecular weight excluding hydrogens is 612 g/mol. The minimum absolute atomic E-state index is 0.948. The maximum absolute atomic E-state index is 3.76. The standard InChI is InChI=1S/C33H42Br2N4/c1-9-20-18(7)26(15-30-22(11-3)24(13-5)32(34)38-30)36-28(20)17-29-21(10-2)19(8)27(37-29)16-31-23(12-4)25(14-6)33(35)39-31/h15-16,36-39H,9-14H2,1-8H3. The summed E-state index contributed by atoms with van der Waals surface area (Å²) in [5.74, 6) is 0. The zero-order valence-corrected chi connectivity index (χ0v) is 27.8. The van der Waals surface area contributed by atoms with Gasteiger partial charge in [0.15, 0.2) is 0 Å². The van der Waals surface area contributed by atoms with Crippen LogP contribution in [0.5, 0.6) is 0 Å². The minimum atomic E-state index is 0.948. The summed E-state index contributed by atoms with van der Waals surface area (Å²) in [6.07, 6.45) is 10.4. The van der Waals surface area contributed by atoms with Gasteiger partial charge >= 0.3 is 0 Å². The number of hydrogen-bond donors (Lipinski definition) is 4. The Kier molecular flexibility index (Phi) is 9.41. The molecule has 4 rings (SSSR count). The van der Waals surface area contributed by atoms with Crippen molar-refractivity contribution in [3.63, 3.8) is 0 Å². The average molecular weight is 655 g/mol. The molecule has 208 valence electrons. The highest BCUT2D eigenvalue weighted by Gasteiger charge is 2.14. The molecule has 0 radical (unpaired) electrons.